The Balaban J connectivity index is 1.34. The van der Waals surface area contributed by atoms with Crippen molar-refractivity contribution in [2.45, 2.75) is 25.7 Å². The highest BCUT2D eigenvalue weighted by atomic mass is 19.3. The molecule has 186 valence electrons. The van der Waals surface area contributed by atoms with E-state index >= 15 is 0 Å². The van der Waals surface area contributed by atoms with E-state index in [1.54, 1.807) is 13.8 Å². The van der Waals surface area contributed by atoms with Gasteiger partial charge in [0.05, 0.1) is 5.92 Å². The van der Waals surface area contributed by atoms with E-state index in [0.717, 1.165) is 27.2 Å². The average Bonchev–Trinajstić information content (AvgIpc) is 3.20. The zero-order valence-electron chi connectivity index (χ0n) is 19.5. The summed E-state index contributed by atoms with van der Waals surface area (Å²) in [6.07, 6.45) is -0.842. The molecule has 0 radical (unpaired) electrons. The molecular formula is C26H28F2N2O5. The van der Waals surface area contributed by atoms with Gasteiger partial charge in [0, 0.05) is 19.0 Å². The molecule has 2 atom stereocenters. The summed E-state index contributed by atoms with van der Waals surface area (Å²) in [6.45, 7) is 2.56. The van der Waals surface area contributed by atoms with Crippen LogP contribution in [0.3, 0.4) is 0 Å². The molecule has 0 aromatic heterocycles. The number of benzene rings is 2. The van der Waals surface area contributed by atoms with Crippen LogP contribution in [-0.2, 0) is 14.3 Å². The van der Waals surface area contributed by atoms with Crippen LogP contribution < -0.4 is 5.32 Å². The van der Waals surface area contributed by atoms with E-state index in [1.165, 1.54) is 0 Å². The highest BCUT2D eigenvalue weighted by Crippen LogP contribution is 2.55. The maximum atomic E-state index is 14.4. The summed E-state index contributed by atoms with van der Waals surface area (Å²) in [6, 6.07) is 15.7. The Bertz CT molecular complexity index is 1090. The zero-order valence-corrected chi connectivity index (χ0v) is 19.5. The average molecular weight is 487 g/mol. The minimum absolute atomic E-state index is 0.0457. The molecule has 2 unspecified atom stereocenters. The van der Waals surface area contributed by atoms with Gasteiger partial charge in [-0.2, -0.15) is 0 Å². The first-order chi connectivity index (χ1) is 16.6. The number of carboxylic acid groups (broad SMARTS) is 1. The summed E-state index contributed by atoms with van der Waals surface area (Å²) in [5, 5.41) is 11.4. The number of carbonyl (C=O) groups is 3. The fourth-order valence-corrected chi connectivity index (χ4v) is 4.86. The van der Waals surface area contributed by atoms with Crippen LogP contribution in [0, 0.1) is 17.8 Å². The number of nitrogens with one attached hydrogen (secondary N) is 1. The zero-order chi connectivity index (χ0) is 25.3. The molecule has 0 spiro atoms. The van der Waals surface area contributed by atoms with Crippen LogP contribution >= 0.6 is 0 Å². The van der Waals surface area contributed by atoms with Gasteiger partial charge in [-0.05, 0) is 28.2 Å². The van der Waals surface area contributed by atoms with E-state index in [9.17, 15) is 23.2 Å². The second-order valence-corrected chi connectivity index (χ2v) is 9.47. The van der Waals surface area contributed by atoms with Crippen molar-refractivity contribution in [3.05, 3.63) is 59.7 Å². The summed E-state index contributed by atoms with van der Waals surface area (Å²) in [5.74, 6) is -8.80. The van der Waals surface area contributed by atoms with Gasteiger partial charge in [0.25, 0.3) is 5.92 Å². The number of carboxylic acids is 1. The molecule has 4 rings (SSSR count). The second kappa shape index (κ2) is 9.64. The Morgan fingerprint density at radius 2 is 1.63 bits per heavy atom. The Kier molecular flexibility index (Phi) is 6.78. The third kappa shape index (κ3) is 4.99. The van der Waals surface area contributed by atoms with Crippen LogP contribution in [0.25, 0.3) is 11.1 Å². The lowest BCUT2D eigenvalue weighted by molar-refractivity contribution is -0.146. The van der Waals surface area contributed by atoms with Crippen LogP contribution in [-0.4, -0.2) is 60.1 Å². The van der Waals surface area contributed by atoms with Gasteiger partial charge < -0.3 is 20.1 Å². The van der Waals surface area contributed by atoms with Gasteiger partial charge in [-0.25, -0.2) is 13.6 Å². The van der Waals surface area contributed by atoms with Crippen molar-refractivity contribution >= 4 is 18.0 Å². The summed E-state index contributed by atoms with van der Waals surface area (Å²) < 4.78 is 34.1. The lowest BCUT2D eigenvalue weighted by Gasteiger charge is -2.22. The number of hydrogen-bond acceptors (Lipinski definition) is 4. The Labute approximate surface area is 202 Å². The van der Waals surface area contributed by atoms with Crippen molar-refractivity contribution in [1.82, 2.24) is 10.2 Å². The lowest BCUT2D eigenvalue weighted by Crippen LogP contribution is -2.40. The summed E-state index contributed by atoms with van der Waals surface area (Å²) in [4.78, 5) is 37.0. The Morgan fingerprint density at radius 1 is 1.06 bits per heavy atom. The molecule has 1 saturated carbocycles. The number of alkyl carbamates (subject to hydrolysis) is 1. The summed E-state index contributed by atoms with van der Waals surface area (Å²) >= 11 is 0. The molecule has 0 saturated heterocycles. The van der Waals surface area contributed by atoms with Gasteiger partial charge in [-0.3, -0.25) is 9.59 Å². The van der Waals surface area contributed by atoms with E-state index in [0.29, 0.717) is 0 Å². The van der Waals surface area contributed by atoms with Crippen molar-refractivity contribution in [1.29, 1.82) is 0 Å². The highest BCUT2D eigenvalue weighted by Gasteiger charge is 2.72. The van der Waals surface area contributed by atoms with Crippen molar-refractivity contribution in [3.63, 3.8) is 0 Å². The van der Waals surface area contributed by atoms with Gasteiger partial charge >= 0.3 is 12.1 Å². The second-order valence-electron chi connectivity index (χ2n) is 9.47. The van der Waals surface area contributed by atoms with Crippen LogP contribution in [0.5, 0.6) is 0 Å². The number of hydrogen-bond donors (Lipinski definition) is 2. The molecule has 0 aliphatic heterocycles. The molecule has 0 heterocycles. The Hall–Kier alpha value is -3.49. The maximum absolute atomic E-state index is 14.4. The summed E-state index contributed by atoms with van der Waals surface area (Å²) in [7, 11) is 0. The monoisotopic (exact) mass is 486 g/mol. The van der Waals surface area contributed by atoms with Gasteiger partial charge in [0.1, 0.15) is 19.1 Å². The number of ether oxygens (including phenoxy) is 1. The van der Waals surface area contributed by atoms with Crippen molar-refractivity contribution in [2.24, 2.45) is 17.8 Å². The molecule has 2 amide bonds. The molecule has 9 heteroatoms. The molecule has 7 nitrogen and oxygen atoms in total. The van der Waals surface area contributed by atoms with Gasteiger partial charge in [-0.15, -0.1) is 0 Å². The van der Waals surface area contributed by atoms with Gasteiger partial charge in [0.15, 0.2) is 0 Å². The molecular weight excluding hydrogens is 458 g/mol. The first-order valence-corrected chi connectivity index (χ1v) is 11.6. The number of alkyl halides is 2. The normalized spacial score (nSPS) is 19.6. The first-order valence-electron chi connectivity index (χ1n) is 11.6. The molecule has 2 aromatic rings. The van der Waals surface area contributed by atoms with Gasteiger partial charge in [-0.1, -0.05) is 62.4 Å². The molecule has 2 N–H and O–H groups in total. The third-order valence-corrected chi connectivity index (χ3v) is 6.50. The van der Waals surface area contributed by atoms with Crippen LogP contribution in [0.4, 0.5) is 13.6 Å². The van der Waals surface area contributed by atoms with E-state index in [1.807, 2.05) is 48.5 Å². The predicted octanol–water partition coefficient (Wildman–Crippen LogP) is 3.98. The number of rotatable bonds is 9. The number of nitrogens with zero attached hydrogens (tertiary/aromatic N) is 1. The first kappa shape index (κ1) is 24.6. The topological polar surface area (TPSA) is 95.9 Å². The van der Waals surface area contributed by atoms with Crippen LogP contribution in [0.2, 0.25) is 0 Å². The quantitative estimate of drug-likeness (QED) is 0.559. The number of fused-ring (bicyclic) bond motifs is 3. The smallest absolute Gasteiger partial charge is 0.407 e. The van der Waals surface area contributed by atoms with Crippen molar-refractivity contribution < 1.29 is 33.0 Å². The molecule has 1 fully saturated rings. The van der Waals surface area contributed by atoms with Gasteiger partial charge in [0.2, 0.25) is 5.91 Å². The van der Waals surface area contributed by atoms with Crippen molar-refractivity contribution in [2.75, 3.05) is 26.2 Å². The number of halogens is 2. The molecule has 2 aromatic carbocycles. The maximum Gasteiger partial charge on any atom is 0.407 e. The standard InChI is InChI=1S/C26H28F2N2O5/c1-15(2)12-30(13-22(31)32)24(33)23-21(26(23,27)28)11-29-25(34)35-14-20-18-9-5-3-7-16(18)17-8-4-6-10-19(17)20/h3-10,15,20-21,23H,11-14H2,1-2H3,(H,29,34)(H,31,32). The molecule has 2 aliphatic carbocycles. The van der Waals surface area contributed by atoms with Crippen LogP contribution in [0.15, 0.2) is 48.5 Å². The van der Waals surface area contributed by atoms with E-state index in [2.05, 4.69) is 5.32 Å². The van der Waals surface area contributed by atoms with E-state index in [-0.39, 0.29) is 25.0 Å². The number of aliphatic carboxylic acids is 1. The fraction of sp³-hybridized carbons (Fsp3) is 0.423. The number of amides is 2. The fourth-order valence-electron chi connectivity index (χ4n) is 4.86. The van der Waals surface area contributed by atoms with Crippen LogP contribution in [0.1, 0.15) is 30.9 Å². The third-order valence-electron chi connectivity index (χ3n) is 6.50. The SMILES string of the molecule is CC(C)CN(CC(=O)O)C(=O)C1C(CNC(=O)OCC2c3ccccc3-c3ccccc32)C1(F)F. The minimum Gasteiger partial charge on any atom is -0.480 e. The van der Waals surface area contributed by atoms with E-state index in [4.69, 9.17) is 9.84 Å². The molecule has 2 aliphatic rings. The number of carbonyl (C=O) groups excluding carboxylic acids is 2. The largest absolute Gasteiger partial charge is 0.480 e. The molecule has 0 bridgehead atoms. The van der Waals surface area contributed by atoms with E-state index < -0.39 is 48.8 Å². The Morgan fingerprint density at radius 3 is 2.17 bits per heavy atom. The minimum atomic E-state index is -3.32. The summed E-state index contributed by atoms with van der Waals surface area (Å²) in [5.41, 5.74) is 4.21. The van der Waals surface area contributed by atoms with Crippen molar-refractivity contribution in [3.8, 4) is 11.1 Å². The lowest BCUT2D eigenvalue weighted by atomic mass is 9.98. The predicted molar refractivity (Wildman–Crippen MR) is 124 cm³/mol. The highest BCUT2D eigenvalue weighted by molar-refractivity contribution is 5.87. The molecule has 35 heavy (non-hydrogen) atoms.